The summed E-state index contributed by atoms with van der Waals surface area (Å²) in [6, 6.07) is -0.125. The first-order valence-electron chi connectivity index (χ1n) is 5.38. The van der Waals surface area contributed by atoms with Gasteiger partial charge in [0.25, 0.3) is 0 Å². The number of halogens is 1. The zero-order valence-corrected chi connectivity index (χ0v) is 9.50. The molecule has 1 amide bonds. The fourth-order valence-corrected chi connectivity index (χ4v) is 1.82. The molecule has 1 N–H and O–H groups in total. The number of likely N-dealkylation sites (N-methyl/N-ethyl adjacent to an activating group) is 1. The Kier molecular flexibility index (Phi) is 4.98. The number of carbonyl (C=O) groups excluding carboxylic acids is 1. The standard InChI is InChI=1S/C10H20FN3O/c1-13(2)10(15)9-8-12-5-7-14(9)6-3-4-11/h9,12H,3-8H2,1-2H3. The topological polar surface area (TPSA) is 35.6 Å². The lowest BCUT2D eigenvalue weighted by Crippen LogP contribution is -2.57. The first-order valence-corrected chi connectivity index (χ1v) is 5.38. The van der Waals surface area contributed by atoms with Gasteiger partial charge in [0.2, 0.25) is 5.91 Å². The van der Waals surface area contributed by atoms with Crippen LogP contribution in [0.5, 0.6) is 0 Å². The molecule has 1 aliphatic rings. The molecular formula is C10H20FN3O. The van der Waals surface area contributed by atoms with E-state index in [2.05, 4.69) is 10.2 Å². The quantitative estimate of drug-likeness (QED) is 0.703. The number of alkyl halides is 1. The Labute approximate surface area is 90.4 Å². The molecule has 4 nitrogen and oxygen atoms in total. The number of nitrogens with zero attached hydrogens (tertiary/aromatic N) is 2. The molecule has 1 atom stereocenters. The van der Waals surface area contributed by atoms with E-state index in [1.54, 1.807) is 19.0 Å². The molecule has 1 saturated heterocycles. The van der Waals surface area contributed by atoms with Crippen LogP contribution in [0.3, 0.4) is 0 Å². The van der Waals surface area contributed by atoms with Gasteiger partial charge in [-0.25, -0.2) is 0 Å². The van der Waals surface area contributed by atoms with Gasteiger partial charge < -0.3 is 10.2 Å². The molecule has 88 valence electrons. The van der Waals surface area contributed by atoms with E-state index >= 15 is 0 Å². The Hall–Kier alpha value is -0.680. The van der Waals surface area contributed by atoms with Crippen molar-refractivity contribution in [3.63, 3.8) is 0 Å². The average Bonchev–Trinajstić information content (AvgIpc) is 2.25. The highest BCUT2D eigenvalue weighted by Crippen LogP contribution is 2.06. The second kappa shape index (κ2) is 6.02. The van der Waals surface area contributed by atoms with E-state index in [4.69, 9.17) is 0 Å². The van der Waals surface area contributed by atoms with Crippen molar-refractivity contribution in [3.05, 3.63) is 0 Å². The van der Waals surface area contributed by atoms with Crippen molar-refractivity contribution in [3.8, 4) is 0 Å². The van der Waals surface area contributed by atoms with Gasteiger partial charge in [-0.2, -0.15) is 0 Å². The smallest absolute Gasteiger partial charge is 0.240 e. The Morgan fingerprint density at radius 3 is 2.93 bits per heavy atom. The SMILES string of the molecule is CN(C)C(=O)C1CNCCN1CCCF. The summed E-state index contributed by atoms with van der Waals surface area (Å²) < 4.78 is 12.1. The minimum absolute atomic E-state index is 0.0982. The van der Waals surface area contributed by atoms with Crippen LogP contribution in [0.25, 0.3) is 0 Å². The second-order valence-corrected chi connectivity index (χ2v) is 4.03. The monoisotopic (exact) mass is 217 g/mol. The normalized spacial score (nSPS) is 22.7. The molecule has 1 rings (SSSR count). The third-order valence-corrected chi connectivity index (χ3v) is 2.66. The van der Waals surface area contributed by atoms with Gasteiger partial charge in [0.05, 0.1) is 6.67 Å². The molecule has 0 radical (unpaired) electrons. The molecule has 0 aliphatic carbocycles. The lowest BCUT2D eigenvalue weighted by Gasteiger charge is -2.36. The lowest BCUT2D eigenvalue weighted by molar-refractivity contribution is -0.135. The van der Waals surface area contributed by atoms with E-state index in [0.717, 1.165) is 13.1 Å². The number of carbonyl (C=O) groups is 1. The molecule has 0 aromatic rings. The second-order valence-electron chi connectivity index (χ2n) is 4.03. The zero-order valence-electron chi connectivity index (χ0n) is 9.50. The molecular weight excluding hydrogens is 197 g/mol. The summed E-state index contributed by atoms with van der Waals surface area (Å²) in [6.45, 7) is 2.73. The molecule has 1 heterocycles. The number of piperazine rings is 1. The first kappa shape index (κ1) is 12.4. The van der Waals surface area contributed by atoms with Crippen LogP contribution >= 0.6 is 0 Å². The van der Waals surface area contributed by atoms with E-state index in [-0.39, 0.29) is 18.6 Å². The van der Waals surface area contributed by atoms with E-state index in [9.17, 15) is 9.18 Å². The van der Waals surface area contributed by atoms with Crippen molar-refractivity contribution >= 4 is 5.91 Å². The minimum Gasteiger partial charge on any atom is -0.347 e. The van der Waals surface area contributed by atoms with Gasteiger partial charge >= 0.3 is 0 Å². The highest BCUT2D eigenvalue weighted by Gasteiger charge is 2.28. The Morgan fingerprint density at radius 1 is 1.60 bits per heavy atom. The maximum atomic E-state index is 12.1. The number of amides is 1. The highest BCUT2D eigenvalue weighted by atomic mass is 19.1. The largest absolute Gasteiger partial charge is 0.347 e. The van der Waals surface area contributed by atoms with Crippen LogP contribution in [0.2, 0.25) is 0 Å². The Balaban J connectivity index is 2.53. The van der Waals surface area contributed by atoms with Crippen LogP contribution in [0, 0.1) is 0 Å². The molecule has 15 heavy (non-hydrogen) atoms. The van der Waals surface area contributed by atoms with Crippen LogP contribution in [-0.4, -0.2) is 68.7 Å². The van der Waals surface area contributed by atoms with Crippen molar-refractivity contribution < 1.29 is 9.18 Å². The van der Waals surface area contributed by atoms with Gasteiger partial charge in [0.15, 0.2) is 0 Å². The van der Waals surface area contributed by atoms with Crippen molar-refractivity contribution in [2.45, 2.75) is 12.5 Å². The van der Waals surface area contributed by atoms with E-state index in [1.807, 2.05) is 0 Å². The summed E-state index contributed by atoms with van der Waals surface area (Å²) in [5.41, 5.74) is 0. The molecule has 5 heteroatoms. The van der Waals surface area contributed by atoms with Crippen molar-refractivity contribution in [2.24, 2.45) is 0 Å². The number of hydrogen-bond acceptors (Lipinski definition) is 3. The molecule has 0 spiro atoms. The number of rotatable bonds is 4. The summed E-state index contributed by atoms with van der Waals surface area (Å²) in [6.07, 6.45) is 0.511. The molecule has 1 unspecified atom stereocenters. The maximum Gasteiger partial charge on any atom is 0.240 e. The minimum atomic E-state index is -0.313. The third-order valence-electron chi connectivity index (χ3n) is 2.66. The number of hydrogen-bond donors (Lipinski definition) is 1. The van der Waals surface area contributed by atoms with Gasteiger partial charge in [-0.3, -0.25) is 14.1 Å². The van der Waals surface area contributed by atoms with Crippen molar-refractivity contribution in [1.82, 2.24) is 15.1 Å². The van der Waals surface area contributed by atoms with E-state index < -0.39 is 0 Å². The van der Waals surface area contributed by atoms with Crippen molar-refractivity contribution in [1.29, 1.82) is 0 Å². The molecule has 1 fully saturated rings. The van der Waals surface area contributed by atoms with Crippen LogP contribution in [0.15, 0.2) is 0 Å². The van der Waals surface area contributed by atoms with Crippen LogP contribution in [0.4, 0.5) is 4.39 Å². The summed E-state index contributed by atoms with van der Waals surface area (Å²) in [7, 11) is 3.51. The Morgan fingerprint density at radius 2 is 2.33 bits per heavy atom. The summed E-state index contributed by atoms with van der Waals surface area (Å²) in [5, 5.41) is 3.19. The van der Waals surface area contributed by atoms with E-state index in [1.165, 1.54) is 0 Å². The summed E-state index contributed by atoms with van der Waals surface area (Å²) >= 11 is 0. The number of nitrogens with one attached hydrogen (secondary N) is 1. The first-order chi connectivity index (χ1) is 7.16. The fourth-order valence-electron chi connectivity index (χ4n) is 1.82. The van der Waals surface area contributed by atoms with Gasteiger partial charge in [-0.1, -0.05) is 0 Å². The fraction of sp³-hybridized carbons (Fsp3) is 0.900. The molecule has 0 aromatic heterocycles. The predicted octanol–water partition coefficient (Wildman–Crippen LogP) is -0.292. The lowest BCUT2D eigenvalue weighted by atomic mass is 10.1. The van der Waals surface area contributed by atoms with Crippen LogP contribution < -0.4 is 5.32 Å². The molecule has 0 aromatic carbocycles. The van der Waals surface area contributed by atoms with Crippen molar-refractivity contribution in [2.75, 3.05) is 46.9 Å². The third kappa shape index (κ3) is 3.43. The summed E-state index contributed by atoms with van der Waals surface area (Å²) in [4.78, 5) is 15.5. The molecule has 1 aliphatic heterocycles. The van der Waals surface area contributed by atoms with Gasteiger partial charge in [-0.05, 0) is 6.42 Å². The van der Waals surface area contributed by atoms with E-state index in [0.29, 0.717) is 19.5 Å². The zero-order chi connectivity index (χ0) is 11.3. The van der Waals surface area contributed by atoms with Crippen LogP contribution in [-0.2, 0) is 4.79 Å². The van der Waals surface area contributed by atoms with Crippen LogP contribution in [0.1, 0.15) is 6.42 Å². The van der Waals surface area contributed by atoms with Gasteiger partial charge in [-0.15, -0.1) is 0 Å². The average molecular weight is 217 g/mol. The maximum absolute atomic E-state index is 12.1. The Bertz CT molecular complexity index is 211. The molecule has 0 saturated carbocycles. The summed E-state index contributed by atoms with van der Waals surface area (Å²) in [5.74, 6) is 0.0982. The predicted molar refractivity (Wildman–Crippen MR) is 57.5 cm³/mol. The molecule has 0 bridgehead atoms. The van der Waals surface area contributed by atoms with Gasteiger partial charge in [0, 0.05) is 40.3 Å². The van der Waals surface area contributed by atoms with Gasteiger partial charge in [0.1, 0.15) is 6.04 Å². The highest BCUT2D eigenvalue weighted by molar-refractivity contribution is 5.81.